The Labute approximate surface area is 164 Å². The summed E-state index contributed by atoms with van der Waals surface area (Å²) in [6.07, 6.45) is 0.838. The number of carbonyl (C=O) groups is 1. The van der Waals surface area contributed by atoms with Crippen LogP contribution in [0.2, 0.25) is 5.02 Å². The molecule has 0 radical (unpaired) electrons. The van der Waals surface area contributed by atoms with E-state index >= 15 is 0 Å². The number of halogens is 1. The Morgan fingerprint density at radius 2 is 2.07 bits per heavy atom. The van der Waals surface area contributed by atoms with E-state index in [1.165, 1.54) is 11.3 Å². The number of fused-ring (bicyclic) bond motifs is 3. The monoisotopic (exact) mass is 386 g/mol. The van der Waals surface area contributed by atoms with E-state index in [-0.39, 0.29) is 5.41 Å². The van der Waals surface area contributed by atoms with Crippen molar-refractivity contribution >= 4 is 29.1 Å². The van der Waals surface area contributed by atoms with Gasteiger partial charge in [0.15, 0.2) is 0 Å². The van der Waals surface area contributed by atoms with Gasteiger partial charge in [0.2, 0.25) is 0 Å². The van der Waals surface area contributed by atoms with E-state index in [0.717, 1.165) is 13.0 Å². The number of amides is 1. The number of benzene rings is 2. The molecule has 0 aromatic heterocycles. The van der Waals surface area contributed by atoms with Crippen molar-refractivity contribution in [1.82, 2.24) is 10.3 Å². The first-order valence-electron chi connectivity index (χ1n) is 8.95. The smallest absolute Gasteiger partial charge is 0.409 e. The summed E-state index contributed by atoms with van der Waals surface area (Å²) in [6.45, 7) is 3.34. The Balaban J connectivity index is 1.47. The molecule has 0 unspecified atom stereocenters. The van der Waals surface area contributed by atoms with Crippen LogP contribution in [0.1, 0.15) is 18.9 Å². The maximum Gasteiger partial charge on any atom is 0.431 e. The molecule has 1 amide bonds. The fourth-order valence-corrected chi connectivity index (χ4v) is 4.63. The van der Waals surface area contributed by atoms with Gasteiger partial charge in [-0.25, -0.2) is 10.2 Å². The lowest BCUT2D eigenvalue weighted by Gasteiger charge is -2.32. The average molecular weight is 387 g/mol. The molecule has 142 valence electrons. The van der Waals surface area contributed by atoms with Crippen LogP contribution in [-0.4, -0.2) is 37.8 Å². The minimum atomic E-state index is -0.577. The van der Waals surface area contributed by atoms with Gasteiger partial charge < -0.3 is 9.64 Å². The quantitative estimate of drug-likeness (QED) is 0.785. The third-order valence-electron chi connectivity index (χ3n) is 5.65. The molecule has 4 rings (SSSR count). The highest BCUT2D eigenvalue weighted by Crippen LogP contribution is 2.51. The predicted octanol–water partition coefficient (Wildman–Crippen LogP) is 3.82. The van der Waals surface area contributed by atoms with Gasteiger partial charge in [-0.05, 0) is 55.4 Å². The van der Waals surface area contributed by atoms with Crippen molar-refractivity contribution in [3.8, 4) is 5.75 Å². The maximum atomic E-state index is 12.1. The summed E-state index contributed by atoms with van der Waals surface area (Å²) in [5, 5.41) is 0.585. The van der Waals surface area contributed by atoms with Crippen molar-refractivity contribution in [3.63, 3.8) is 0 Å². The molecule has 0 spiro atoms. The predicted molar refractivity (Wildman–Crippen MR) is 107 cm³/mol. The third-order valence-corrected chi connectivity index (χ3v) is 5.88. The molecule has 2 aliphatic rings. The lowest BCUT2D eigenvalue weighted by Crippen LogP contribution is -2.45. The van der Waals surface area contributed by atoms with Crippen LogP contribution in [0.25, 0.3) is 0 Å². The van der Waals surface area contributed by atoms with Gasteiger partial charge in [0.25, 0.3) is 0 Å². The van der Waals surface area contributed by atoms with E-state index in [1.807, 2.05) is 18.2 Å². The second-order valence-electron chi connectivity index (χ2n) is 7.46. The summed E-state index contributed by atoms with van der Waals surface area (Å²) in [5.74, 6) is 0.531. The largest absolute Gasteiger partial charge is 0.431 e. The van der Waals surface area contributed by atoms with E-state index in [2.05, 4.69) is 41.7 Å². The minimum Gasteiger partial charge on any atom is -0.409 e. The number of hydrogen-bond acceptors (Lipinski definition) is 5. The van der Waals surface area contributed by atoms with Crippen LogP contribution in [0.3, 0.4) is 0 Å². The van der Waals surface area contributed by atoms with Crippen LogP contribution in [0.15, 0.2) is 42.5 Å². The van der Waals surface area contributed by atoms with Crippen molar-refractivity contribution in [1.29, 1.82) is 0 Å². The van der Waals surface area contributed by atoms with Crippen LogP contribution in [-0.2, 0) is 5.41 Å². The number of rotatable bonds is 3. The zero-order valence-corrected chi connectivity index (χ0v) is 16.4. The van der Waals surface area contributed by atoms with Crippen LogP contribution in [0.4, 0.5) is 16.2 Å². The second-order valence-corrected chi connectivity index (χ2v) is 7.90. The third kappa shape index (κ3) is 3.09. The molecular weight excluding hydrogens is 364 g/mol. The molecule has 2 N–H and O–H groups in total. The van der Waals surface area contributed by atoms with E-state index < -0.39 is 6.09 Å². The van der Waals surface area contributed by atoms with Gasteiger partial charge >= 0.3 is 6.09 Å². The Kier molecular flexibility index (Phi) is 4.40. The molecular formula is C20H23ClN4O2. The van der Waals surface area contributed by atoms with Crippen LogP contribution >= 0.6 is 11.6 Å². The fourth-order valence-electron chi connectivity index (χ4n) is 4.44. The second kappa shape index (κ2) is 6.62. The Bertz CT molecular complexity index is 890. The van der Waals surface area contributed by atoms with E-state index in [9.17, 15) is 4.79 Å². The van der Waals surface area contributed by atoms with E-state index in [1.54, 1.807) is 24.3 Å². The number of carbonyl (C=O) groups excluding carboxylic acids is 1. The highest BCUT2D eigenvalue weighted by atomic mass is 35.5. The molecule has 7 heteroatoms. The Hall–Kier alpha value is -2.44. The molecule has 6 nitrogen and oxygen atoms in total. The molecule has 0 saturated carbocycles. The van der Waals surface area contributed by atoms with Gasteiger partial charge in [0.1, 0.15) is 5.75 Å². The first kappa shape index (κ1) is 17.9. The SMILES string of the molecule is CN1CC[C@@]2(C)c3cc(OC(=O)NNc4cccc(Cl)c4)ccc3N(C)[C@@H]12. The normalized spacial score (nSPS) is 23.7. The van der Waals surface area contributed by atoms with Gasteiger partial charge in [0, 0.05) is 29.7 Å². The van der Waals surface area contributed by atoms with Crippen molar-refractivity contribution in [2.24, 2.45) is 0 Å². The zero-order chi connectivity index (χ0) is 19.2. The van der Waals surface area contributed by atoms with Crippen LogP contribution in [0, 0.1) is 0 Å². The van der Waals surface area contributed by atoms with Gasteiger partial charge in [0.05, 0.1) is 11.9 Å². The molecule has 0 aliphatic carbocycles. The minimum absolute atomic E-state index is 0.0354. The van der Waals surface area contributed by atoms with Gasteiger partial charge in [-0.15, -0.1) is 0 Å². The number of ether oxygens (including phenoxy) is 1. The summed E-state index contributed by atoms with van der Waals surface area (Å²) < 4.78 is 5.47. The highest BCUT2D eigenvalue weighted by molar-refractivity contribution is 6.30. The number of hydrazine groups is 1. The number of likely N-dealkylation sites (N-methyl/N-ethyl adjacent to an activating group) is 2. The van der Waals surface area contributed by atoms with Gasteiger partial charge in [-0.3, -0.25) is 10.3 Å². The van der Waals surface area contributed by atoms with Crippen molar-refractivity contribution in [3.05, 3.63) is 53.1 Å². The molecule has 0 bridgehead atoms. The lowest BCUT2D eigenvalue weighted by molar-refractivity contribution is 0.202. The first-order chi connectivity index (χ1) is 12.9. The zero-order valence-electron chi connectivity index (χ0n) is 15.6. The molecule has 1 fully saturated rings. The molecule has 1 saturated heterocycles. The first-order valence-corrected chi connectivity index (χ1v) is 9.33. The number of anilines is 2. The lowest BCUT2D eigenvalue weighted by atomic mass is 9.81. The van der Waals surface area contributed by atoms with Crippen LogP contribution in [0.5, 0.6) is 5.75 Å². The summed E-state index contributed by atoms with van der Waals surface area (Å²) >= 11 is 5.93. The summed E-state index contributed by atoms with van der Waals surface area (Å²) in [5.41, 5.74) is 8.45. The topological polar surface area (TPSA) is 56.8 Å². The molecule has 2 aromatic rings. The van der Waals surface area contributed by atoms with Gasteiger partial charge in [-0.2, -0.15) is 0 Å². The maximum absolute atomic E-state index is 12.1. The summed E-state index contributed by atoms with van der Waals surface area (Å²) in [7, 11) is 4.28. The number of likely N-dealkylation sites (tertiary alicyclic amines) is 1. The molecule has 2 aromatic carbocycles. The average Bonchev–Trinajstić information content (AvgIpc) is 3.06. The summed E-state index contributed by atoms with van der Waals surface area (Å²) in [6, 6.07) is 12.9. The molecule has 27 heavy (non-hydrogen) atoms. The number of nitrogens with zero attached hydrogens (tertiary/aromatic N) is 2. The summed E-state index contributed by atoms with van der Waals surface area (Å²) in [4.78, 5) is 16.8. The highest BCUT2D eigenvalue weighted by Gasteiger charge is 2.52. The van der Waals surface area contributed by atoms with Gasteiger partial charge in [-0.1, -0.05) is 24.6 Å². The number of hydrogen-bond donors (Lipinski definition) is 2. The molecule has 2 aliphatic heterocycles. The number of nitrogens with one attached hydrogen (secondary N) is 2. The Morgan fingerprint density at radius 3 is 2.85 bits per heavy atom. The standard InChI is InChI=1S/C20H23ClN4O2/c1-20-9-10-24(2)18(20)25(3)17-8-7-15(12-16(17)20)27-19(26)23-22-14-6-4-5-13(21)11-14/h4-8,11-12,18,22H,9-10H2,1-3H3,(H,23,26)/t18-,20+/m1/s1. The fraction of sp³-hybridized carbons (Fsp3) is 0.350. The Morgan fingerprint density at radius 1 is 1.26 bits per heavy atom. The van der Waals surface area contributed by atoms with E-state index in [0.29, 0.717) is 22.6 Å². The van der Waals surface area contributed by atoms with Crippen molar-refractivity contribution < 1.29 is 9.53 Å². The van der Waals surface area contributed by atoms with Crippen molar-refractivity contribution in [2.45, 2.75) is 24.9 Å². The van der Waals surface area contributed by atoms with E-state index in [4.69, 9.17) is 16.3 Å². The van der Waals surface area contributed by atoms with Crippen LogP contribution < -0.4 is 20.5 Å². The van der Waals surface area contributed by atoms with Crippen molar-refractivity contribution in [2.75, 3.05) is 31.0 Å². The molecule has 2 atom stereocenters. The molecule has 2 heterocycles.